The van der Waals surface area contributed by atoms with E-state index in [-0.39, 0.29) is 6.10 Å². The highest BCUT2D eigenvalue weighted by atomic mass is 16.5. The Balaban J connectivity index is 1.58. The highest BCUT2D eigenvalue weighted by Gasteiger charge is 2.24. The number of likely N-dealkylation sites (tertiary alicyclic amines) is 1. The minimum Gasteiger partial charge on any atom is -0.489 e. The van der Waals surface area contributed by atoms with Gasteiger partial charge in [0, 0.05) is 12.1 Å². The first-order valence-electron chi connectivity index (χ1n) is 8.86. The highest BCUT2D eigenvalue weighted by Crippen LogP contribution is 2.28. The zero-order chi connectivity index (χ0) is 17.8. The van der Waals surface area contributed by atoms with E-state index >= 15 is 0 Å². The van der Waals surface area contributed by atoms with Crippen LogP contribution in [0.2, 0.25) is 0 Å². The quantitative estimate of drug-likeness (QED) is 0.780. The van der Waals surface area contributed by atoms with Crippen LogP contribution in [-0.4, -0.2) is 30.1 Å². The number of nitrogens with zero attached hydrogens (tertiary/aromatic N) is 1. The molecule has 25 heavy (non-hydrogen) atoms. The van der Waals surface area contributed by atoms with Crippen molar-refractivity contribution in [3.05, 3.63) is 42.5 Å². The van der Waals surface area contributed by atoms with Crippen LogP contribution in [0.3, 0.4) is 0 Å². The van der Waals surface area contributed by atoms with Gasteiger partial charge in [0.05, 0.1) is 11.4 Å². The second-order valence-electron chi connectivity index (χ2n) is 6.67. The lowest BCUT2D eigenvalue weighted by Crippen LogP contribution is -2.41. The zero-order valence-electron chi connectivity index (χ0n) is 14.9. The standard InChI is InChI=1S/C20H27N3O2/c1-14(23-11-3-4-12-23)15(2)24-16-5-7-17(8-6-16)25-18-9-10-19(21)20(22)13-18/h5-10,13-15H,3-4,11-12,21-22H2,1-2H3. The maximum absolute atomic E-state index is 6.09. The van der Waals surface area contributed by atoms with Gasteiger partial charge in [0.25, 0.3) is 0 Å². The van der Waals surface area contributed by atoms with Crippen LogP contribution in [0, 0.1) is 0 Å². The lowest BCUT2D eigenvalue weighted by molar-refractivity contribution is 0.104. The fraction of sp³-hybridized carbons (Fsp3) is 0.400. The monoisotopic (exact) mass is 341 g/mol. The summed E-state index contributed by atoms with van der Waals surface area (Å²) in [4.78, 5) is 2.49. The van der Waals surface area contributed by atoms with Crippen molar-refractivity contribution in [2.24, 2.45) is 0 Å². The van der Waals surface area contributed by atoms with Gasteiger partial charge in [0.2, 0.25) is 0 Å². The molecule has 0 aromatic heterocycles. The summed E-state index contributed by atoms with van der Waals surface area (Å²) in [7, 11) is 0. The number of hydrogen-bond donors (Lipinski definition) is 2. The topological polar surface area (TPSA) is 73.7 Å². The average molecular weight is 341 g/mol. The molecule has 1 fully saturated rings. The van der Waals surface area contributed by atoms with Crippen LogP contribution in [-0.2, 0) is 0 Å². The average Bonchev–Trinajstić information content (AvgIpc) is 3.14. The molecular formula is C20H27N3O2. The fourth-order valence-corrected chi connectivity index (χ4v) is 3.10. The minimum atomic E-state index is 0.141. The molecule has 0 radical (unpaired) electrons. The first-order chi connectivity index (χ1) is 12.0. The van der Waals surface area contributed by atoms with E-state index in [1.54, 1.807) is 18.2 Å². The number of hydrogen-bond acceptors (Lipinski definition) is 5. The number of rotatable bonds is 6. The van der Waals surface area contributed by atoms with Crippen molar-refractivity contribution >= 4 is 11.4 Å². The van der Waals surface area contributed by atoms with Crippen molar-refractivity contribution in [2.45, 2.75) is 38.8 Å². The SMILES string of the molecule is CC(Oc1ccc(Oc2ccc(N)c(N)c2)cc1)C(C)N1CCCC1. The van der Waals surface area contributed by atoms with Gasteiger partial charge in [-0.15, -0.1) is 0 Å². The van der Waals surface area contributed by atoms with Crippen LogP contribution >= 0.6 is 0 Å². The number of ether oxygens (including phenoxy) is 2. The molecule has 1 aliphatic rings. The number of nitrogen functional groups attached to an aromatic ring is 2. The molecule has 3 rings (SSSR count). The van der Waals surface area contributed by atoms with Crippen LogP contribution in [0.5, 0.6) is 17.2 Å². The van der Waals surface area contributed by atoms with Gasteiger partial charge < -0.3 is 20.9 Å². The van der Waals surface area contributed by atoms with E-state index in [1.807, 2.05) is 24.3 Å². The normalized spacial score (nSPS) is 17.2. The van der Waals surface area contributed by atoms with E-state index in [2.05, 4.69) is 18.7 Å². The molecule has 1 aliphatic heterocycles. The van der Waals surface area contributed by atoms with E-state index in [0.717, 1.165) is 11.5 Å². The van der Waals surface area contributed by atoms with Crippen LogP contribution in [0.25, 0.3) is 0 Å². The van der Waals surface area contributed by atoms with Crippen molar-refractivity contribution < 1.29 is 9.47 Å². The van der Waals surface area contributed by atoms with Gasteiger partial charge in [0.1, 0.15) is 23.4 Å². The van der Waals surface area contributed by atoms with Crippen LogP contribution in [0.4, 0.5) is 11.4 Å². The lowest BCUT2D eigenvalue weighted by atomic mass is 10.2. The molecule has 5 nitrogen and oxygen atoms in total. The summed E-state index contributed by atoms with van der Waals surface area (Å²) in [5.41, 5.74) is 12.6. The summed E-state index contributed by atoms with van der Waals surface area (Å²) in [6.07, 6.45) is 2.72. The molecule has 0 aliphatic carbocycles. The van der Waals surface area contributed by atoms with Gasteiger partial charge in [-0.05, 0) is 76.2 Å². The molecule has 0 spiro atoms. The summed E-state index contributed by atoms with van der Waals surface area (Å²) in [5.74, 6) is 2.25. The highest BCUT2D eigenvalue weighted by molar-refractivity contribution is 5.65. The van der Waals surface area contributed by atoms with E-state index in [9.17, 15) is 0 Å². The molecule has 5 heteroatoms. The van der Waals surface area contributed by atoms with Crippen molar-refractivity contribution in [3.63, 3.8) is 0 Å². The Kier molecular flexibility index (Phi) is 5.34. The van der Waals surface area contributed by atoms with E-state index < -0.39 is 0 Å². The van der Waals surface area contributed by atoms with Gasteiger partial charge >= 0.3 is 0 Å². The molecule has 2 aromatic rings. The Hall–Kier alpha value is -2.40. The predicted molar refractivity (Wildman–Crippen MR) is 102 cm³/mol. The minimum absolute atomic E-state index is 0.141. The van der Waals surface area contributed by atoms with Gasteiger partial charge in [-0.25, -0.2) is 0 Å². The van der Waals surface area contributed by atoms with Crippen LogP contribution in [0.1, 0.15) is 26.7 Å². The summed E-state index contributed by atoms with van der Waals surface area (Å²) in [5, 5.41) is 0. The summed E-state index contributed by atoms with van der Waals surface area (Å²) in [6, 6.07) is 13.3. The summed E-state index contributed by atoms with van der Waals surface area (Å²) in [6.45, 7) is 6.71. The molecule has 2 atom stereocenters. The molecular weight excluding hydrogens is 314 g/mol. The number of benzene rings is 2. The first-order valence-corrected chi connectivity index (χ1v) is 8.86. The second-order valence-corrected chi connectivity index (χ2v) is 6.67. The Morgan fingerprint density at radius 1 is 0.840 bits per heavy atom. The molecule has 0 saturated carbocycles. The third kappa shape index (κ3) is 4.37. The summed E-state index contributed by atoms with van der Waals surface area (Å²) < 4.78 is 11.9. The number of anilines is 2. The fourth-order valence-electron chi connectivity index (χ4n) is 3.10. The zero-order valence-corrected chi connectivity index (χ0v) is 14.9. The largest absolute Gasteiger partial charge is 0.489 e. The van der Waals surface area contributed by atoms with E-state index in [1.165, 1.54) is 25.9 Å². The van der Waals surface area contributed by atoms with Crippen LogP contribution in [0.15, 0.2) is 42.5 Å². The Morgan fingerprint density at radius 3 is 2.08 bits per heavy atom. The molecule has 1 heterocycles. The van der Waals surface area contributed by atoms with Crippen molar-refractivity contribution in [1.29, 1.82) is 0 Å². The van der Waals surface area contributed by atoms with Crippen molar-refractivity contribution in [1.82, 2.24) is 4.90 Å². The third-order valence-corrected chi connectivity index (χ3v) is 4.84. The van der Waals surface area contributed by atoms with Gasteiger partial charge in [-0.1, -0.05) is 0 Å². The van der Waals surface area contributed by atoms with Crippen LogP contribution < -0.4 is 20.9 Å². The molecule has 4 N–H and O–H groups in total. The molecule has 2 aromatic carbocycles. The van der Waals surface area contributed by atoms with Gasteiger partial charge in [-0.2, -0.15) is 0 Å². The maximum atomic E-state index is 6.09. The maximum Gasteiger partial charge on any atom is 0.129 e. The third-order valence-electron chi connectivity index (χ3n) is 4.84. The molecule has 0 bridgehead atoms. The molecule has 2 unspecified atom stereocenters. The number of nitrogens with two attached hydrogens (primary N) is 2. The van der Waals surface area contributed by atoms with E-state index in [0.29, 0.717) is 23.2 Å². The Morgan fingerprint density at radius 2 is 1.44 bits per heavy atom. The van der Waals surface area contributed by atoms with Gasteiger partial charge in [0.15, 0.2) is 0 Å². The molecule has 0 amide bonds. The lowest BCUT2D eigenvalue weighted by Gasteiger charge is -2.29. The van der Waals surface area contributed by atoms with Crippen molar-refractivity contribution in [3.8, 4) is 17.2 Å². The molecule has 1 saturated heterocycles. The van der Waals surface area contributed by atoms with Crippen molar-refractivity contribution in [2.75, 3.05) is 24.6 Å². The van der Waals surface area contributed by atoms with E-state index in [4.69, 9.17) is 20.9 Å². The predicted octanol–water partition coefficient (Wildman–Crippen LogP) is 3.89. The second kappa shape index (κ2) is 7.66. The Labute approximate surface area is 149 Å². The smallest absolute Gasteiger partial charge is 0.129 e. The summed E-state index contributed by atoms with van der Waals surface area (Å²) >= 11 is 0. The van der Waals surface area contributed by atoms with Gasteiger partial charge in [-0.3, -0.25) is 4.90 Å². The molecule has 134 valence electrons. The first kappa shape index (κ1) is 17.4. The Bertz CT molecular complexity index is 697.